The molecule has 1 aromatic heterocycles. The molecule has 6 nitrogen and oxygen atoms in total. The van der Waals surface area contributed by atoms with E-state index in [1.165, 1.54) is 24.3 Å². The molecule has 3 rings (SSSR count). The van der Waals surface area contributed by atoms with Gasteiger partial charge < -0.3 is 19.8 Å². The van der Waals surface area contributed by atoms with Gasteiger partial charge in [-0.3, -0.25) is 9.59 Å². The Morgan fingerprint density at radius 1 is 1.35 bits per heavy atom. The minimum absolute atomic E-state index is 0.0845. The van der Waals surface area contributed by atoms with Crippen LogP contribution in [0.5, 0.6) is 5.75 Å². The quantitative estimate of drug-likeness (QED) is 0.822. The molecule has 2 aromatic rings. The van der Waals surface area contributed by atoms with Crippen molar-refractivity contribution < 1.29 is 18.7 Å². The van der Waals surface area contributed by atoms with Gasteiger partial charge in [0.1, 0.15) is 11.6 Å². The van der Waals surface area contributed by atoms with Gasteiger partial charge in [-0.15, -0.1) is 0 Å². The smallest absolute Gasteiger partial charge is 0.253 e. The first kappa shape index (κ1) is 17.9. The molecule has 26 heavy (non-hydrogen) atoms. The van der Waals surface area contributed by atoms with Crippen LogP contribution in [0.2, 0.25) is 0 Å². The summed E-state index contributed by atoms with van der Waals surface area (Å²) in [6, 6.07) is 4.48. The number of H-pyrrole nitrogens is 1. The largest absolute Gasteiger partial charge is 0.467 e. The third-order valence-electron chi connectivity index (χ3n) is 4.05. The third kappa shape index (κ3) is 4.00. The van der Waals surface area contributed by atoms with Gasteiger partial charge in [0.15, 0.2) is 6.79 Å². The van der Waals surface area contributed by atoms with E-state index in [4.69, 9.17) is 9.47 Å². The van der Waals surface area contributed by atoms with Gasteiger partial charge >= 0.3 is 0 Å². The number of carbonyl (C=O) groups excluding carboxylic acids is 1. The molecule has 0 radical (unpaired) electrons. The molecule has 0 aliphatic carbocycles. The van der Waals surface area contributed by atoms with Crippen LogP contribution in [0.15, 0.2) is 29.1 Å². The van der Waals surface area contributed by atoms with Crippen LogP contribution in [-0.4, -0.2) is 17.7 Å². The average Bonchev–Trinajstić information content (AvgIpc) is 2.58. The van der Waals surface area contributed by atoms with Crippen molar-refractivity contribution in [3.8, 4) is 5.75 Å². The SMILES string of the molecule is Cc1cc(C)c(CNC(=O)/C=C/c2cc(F)cc3c2OCOC3)c(=O)[nH]1. The van der Waals surface area contributed by atoms with E-state index in [0.717, 1.165) is 11.3 Å². The van der Waals surface area contributed by atoms with Gasteiger partial charge in [0.25, 0.3) is 5.56 Å². The van der Waals surface area contributed by atoms with Gasteiger partial charge in [-0.05, 0) is 43.7 Å². The second kappa shape index (κ2) is 7.53. The van der Waals surface area contributed by atoms with Crippen molar-refractivity contribution >= 4 is 12.0 Å². The zero-order valence-electron chi connectivity index (χ0n) is 14.5. The summed E-state index contributed by atoms with van der Waals surface area (Å²) in [6.45, 7) is 4.07. The van der Waals surface area contributed by atoms with E-state index < -0.39 is 11.7 Å². The monoisotopic (exact) mass is 358 g/mol. The van der Waals surface area contributed by atoms with Crippen molar-refractivity contribution in [2.24, 2.45) is 0 Å². The van der Waals surface area contributed by atoms with Crippen molar-refractivity contribution in [3.05, 3.63) is 68.4 Å². The first-order valence-electron chi connectivity index (χ1n) is 8.12. The molecule has 7 heteroatoms. The number of amides is 1. The molecule has 136 valence electrons. The van der Waals surface area contributed by atoms with Gasteiger partial charge in [0.05, 0.1) is 6.61 Å². The maximum Gasteiger partial charge on any atom is 0.253 e. The molecule has 0 unspecified atom stereocenters. The lowest BCUT2D eigenvalue weighted by atomic mass is 10.1. The highest BCUT2D eigenvalue weighted by atomic mass is 19.1. The van der Waals surface area contributed by atoms with Crippen LogP contribution in [0.4, 0.5) is 4.39 Å². The molecule has 1 aliphatic heterocycles. The maximum atomic E-state index is 13.7. The van der Waals surface area contributed by atoms with E-state index in [1.807, 2.05) is 13.0 Å². The molecule has 1 amide bonds. The van der Waals surface area contributed by atoms with E-state index >= 15 is 0 Å². The van der Waals surface area contributed by atoms with E-state index in [2.05, 4.69) is 10.3 Å². The zero-order chi connectivity index (χ0) is 18.7. The van der Waals surface area contributed by atoms with Crippen LogP contribution in [0.25, 0.3) is 6.08 Å². The Morgan fingerprint density at radius 2 is 2.15 bits per heavy atom. The Hall–Kier alpha value is -2.93. The summed E-state index contributed by atoms with van der Waals surface area (Å²) in [7, 11) is 0. The summed E-state index contributed by atoms with van der Waals surface area (Å²) in [4.78, 5) is 26.7. The number of nitrogens with one attached hydrogen (secondary N) is 2. The maximum absolute atomic E-state index is 13.7. The van der Waals surface area contributed by atoms with Crippen LogP contribution in [0.1, 0.15) is 27.9 Å². The first-order chi connectivity index (χ1) is 12.4. The summed E-state index contributed by atoms with van der Waals surface area (Å²) in [5.41, 5.74) is 2.91. The number of hydrogen-bond donors (Lipinski definition) is 2. The van der Waals surface area contributed by atoms with Crippen LogP contribution >= 0.6 is 0 Å². The fourth-order valence-electron chi connectivity index (χ4n) is 2.83. The minimum Gasteiger partial charge on any atom is -0.467 e. The molecule has 2 heterocycles. The Kier molecular flexibility index (Phi) is 5.18. The number of fused-ring (bicyclic) bond motifs is 1. The Balaban J connectivity index is 1.71. The van der Waals surface area contributed by atoms with Crippen LogP contribution in [0, 0.1) is 19.7 Å². The fraction of sp³-hybridized carbons (Fsp3) is 0.263. The molecule has 2 N–H and O–H groups in total. The second-order valence-electron chi connectivity index (χ2n) is 6.09. The van der Waals surface area contributed by atoms with Crippen LogP contribution in [0.3, 0.4) is 0 Å². The van der Waals surface area contributed by atoms with Gasteiger partial charge in [-0.25, -0.2) is 4.39 Å². The van der Waals surface area contributed by atoms with Gasteiger partial charge in [0, 0.05) is 35.0 Å². The number of aromatic nitrogens is 1. The highest BCUT2D eigenvalue weighted by Gasteiger charge is 2.15. The fourth-order valence-corrected chi connectivity index (χ4v) is 2.83. The highest BCUT2D eigenvalue weighted by molar-refractivity contribution is 5.92. The van der Waals surface area contributed by atoms with Crippen LogP contribution < -0.4 is 15.6 Å². The van der Waals surface area contributed by atoms with Gasteiger partial charge in [-0.2, -0.15) is 0 Å². The Bertz CT molecular complexity index is 934. The summed E-state index contributed by atoms with van der Waals surface area (Å²) in [6.07, 6.45) is 2.76. The average molecular weight is 358 g/mol. The van der Waals surface area contributed by atoms with E-state index in [1.54, 1.807) is 6.92 Å². The topological polar surface area (TPSA) is 80.4 Å². The third-order valence-corrected chi connectivity index (χ3v) is 4.05. The van der Waals surface area contributed by atoms with Crippen molar-refractivity contribution in [2.75, 3.05) is 6.79 Å². The number of ether oxygens (including phenoxy) is 2. The number of aryl methyl sites for hydroxylation is 2. The van der Waals surface area contributed by atoms with Crippen molar-refractivity contribution in [3.63, 3.8) is 0 Å². The Labute approximate surface area is 149 Å². The number of carbonyl (C=O) groups is 1. The molecule has 0 spiro atoms. The molecule has 0 saturated carbocycles. The molecule has 1 aliphatic rings. The van der Waals surface area contributed by atoms with Crippen molar-refractivity contribution in [1.29, 1.82) is 0 Å². The summed E-state index contributed by atoms with van der Waals surface area (Å²) in [5.74, 6) is -0.318. The lowest BCUT2D eigenvalue weighted by molar-refractivity contribution is -0.116. The molecule has 0 fully saturated rings. The van der Waals surface area contributed by atoms with Gasteiger partial charge in [0.2, 0.25) is 5.91 Å². The van der Waals surface area contributed by atoms with Gasteiger partial charge in [-0.1, -0.05) is 0 Å². The normalized spacial score (nSPS) is 13.3. The number of rotatable bonds is 4. The highest BCUT2D eigenvalue weighted by Crippen LogP contribution is 2.30. The van der Waals surface area contributed by atoms with Crippen molar-refractivity contribution in [1.82, 2.24) is 10.3 Å². The number of hydrogen-bond acceptors (Lipinski definition) is 4. The lowest BCUT2D eigenvalue weighted by Gasteiger charge is -2.19. The summed E-state index contributed by atoms with van der Waals surface area (Å²) >= 11 is 0. The first-order valence-corrected chi connectivity index (χ1v) is 8.12. The zero-order valence-corrected chi connectivity index (χ0v) is 14.5. The number of aromatic amines is 1. The number of pyridine rings is 1. The van der Waals surface area contributed by atoms with Crippen LogP contribution in [-0.2, 0) is 22.7 Å². The molecule has 0 atom stereocenters. The van der Waals surface area contributed by atoms with Crippen molar-refractivity contribution in [2.45, 2.75) is 27.0 Å². The minimum atomic E-state index is -0.431. The van der Waals surface area contributed by atoms with E-state index in [-0.39, 0.29) is 25.5 Å². The molecule has 0 saturated heterocycles. The van der Waals surface area contributed by atoms with E-state index in [0.29, 0.717) is 22.4 Å². The van der Waals surface area contributed by atoms with E-state index in [9.17, 15) is 14.0 Å². The second-order valence-corrected chi connectivity index (χ2v) is 6.09. The summed E-state index contributed by atoms with van der Waals surface area (Å²) in [5, 5.41) is 2.66. The lowest BCUT2D eigenvalue weighted by Crippen LogP contribution is -2.26. The molecule has 1 aromatic carbocycles. The standard InChI is InChI=1S/C19H19FN2O4/c1-11-5-12(2)22-19(24)16(11)8-21-17(23)4-3-13-6-15(20)7-14-9-25-10-26-18(13)14/h3-7H,8-10H2,1-2H3,(H,21,23)(H,22,24)/b4-3+. The predicted molar refractivity (Wildman–Crippen MR) is 94.1 cm³/mol. The number of halogens is 1. The molecular formula is C19H19FN2O4. The Morgan fingerprint density at radius 3 is 2.92 bits per heavy atom. The predicted octanol–water partition coefficient (Wildman–Crippen LogP) is 2.33. The molecule has 0 bridgehead atoms. The number of benzene rings is 1. The molecular weight excluding hydrogens is 339 g/mol. The summed E-state index contributed by atoms with van der Waals surface area (Å²) < 4.78 is 24.2.